The number of thioether (sulfide) groups is 1. The minimum absolute atomic E-state index is 0.0534. The van der Waals surface area contributed by atoms with Crippen LogP contribution >= 0.6 is 11.8 Å². The van der Waals surface area contributed by atoms with Crippen molar-refractivity contribution < 1.29 is 23.1 Å². The summed E-state index contributed by atoms with van der Waals surface area (Å²) in [6.45, 7) is 0. The van der Waals surface area contributed by atoms with Gasteiger partial charge in [-0.2, -0.15) is 13.2 Å². The molecule has 1 N–H and O–H groups in total. The van der Waals surface area contributed by atoms with Gasteiger partial charge < -0.3 is 5.11 Å². The highest BCUT2D eigenvalue weighted by atomic mass is 32.2. The second-order valence-electron chi connectivity index (χ2n) is 4.20. The van der Waals surface area contributed by atoms with E-state index in [9.17, 15) is 18.0 Å². The van der Waals surface area contributed by atoms with Gasteiger partial charge in [0.1, 0.15) is 0 Å². The third kappa shape index (κ3) is 2.98. The van der Waals surface area contributed by atoms with E-state index in [4.69, 9.17) is 5.11 Å². The van der Waals surface area contributed by atoms with Gasteiger partial charge in [0, 0.05) is 16.6 Å². The molecule has 6 heteroatoms. The third-order valence-corrected chi connectivity index (χ3v) is 4.19. The molecule has 1 aliphatic heterocycles. The molecule has 18 heavy (non-hydrogen) atoms. The Kier molecular flexibility index (Phi) is 3.56. The van der Waals surface area contributed by atoms with Crippen LogP contribution in [0.5, 0.6) is 0 Å². The van der Waals surface area contributed by atoms with Crippen LogP contribution in [0.25, 0.3) is 0 Å². The first-order chi connectivity index (χ1) is 8.36. The number of benzene rings is 1. The number of rotatable bonds is 3. The number of hydrogen-bond donors (Lipinski definition) is 1. The Hall–Kier alpha value is -1.17. The highest BCUT2D eigenvalue weighted by molar-refractivity contribution is 8.00. The minimum Gasteiger partial charge on any atom is -0.481 e. The highest BCUT2D eigenvalue weighted by Gasteiger charge is 2.32. The molecular formula is C12H11F3O2S. The van der Waals surface area contributed by atoms with Crippen molar-refractivity contribution in [3.63, 3.8) is 0 Å². The lowest BCUT2D eigenvalue weighted by molar-refractivity contribution is -0.138. The van der Waals surface area contributed by atoms with Crippen molar-refractivity contribution in [3.05, 3.63) is 29.3 Å². The lowest BCUT2D eigenvalue weighted by Crippen LogP contribution is -2.05. The van der Waals surface area contributed by atoms with Crippen LogP contribution in [-0.2, 0) is 17.4 Å². The van der Waals surface area contributed by atoms with Crippen molar-refractivity contribution in [2.24, 2.45) is 0 Å². The van der Waals surface area contributed by atoms with Gasteiger partial charge in [-0.1, -0.05) is 6.07 Å². The Morgan fingerprint density at radius 1 is 1.44 bits per heavy atom. The fourth-order valence-corrected chi connectivity index (χ4v) is 3.28. The molecule has 1 aliphatic rings. The summed E-state index contributed by atoms with van der Waals surface area (Å²) >= 11 is 1.35. The SMILES string of the molecule is O=C(O)CCC1Cc2ccc(C(F)(F)F)cc2S1. The van der Waals surface area contributed by atoms with E-state index in [1.807, 2.05) is 0 Å². The maximum atomic E-state index is 12.5. The number of hydrogen-bond acceptors (Lipinski definition) is 2. The van der Waals surface area contributed by atoms with Crippen molar-refractivity contribution in [1.82, 2.24) is 0 Å². The van der Waals surface area contributed by atoms with Crippen LogP contribution in [0.2, 0.25) is 0 Å². The molecule has 98 valence electrons. The molecule has 0 aromatic heterocycles. The standard InChI is InChI=1S/C12H11F3O2S/c13-12(14,15)8-2-1-7-5-9(3-4-11(16)17)18-10(7)6-8/h1-2,6,9H,3-5H2,(H,16,17). The number of aliphatic carboxylic acids is 1. The van der Waals surface area contributed by atoms with E-state index in [0.29, 0.717) is 17.7 Å². The van der Waals surface area contributed by atoms with Gasteiger partial charge in [-0.25, -0.2) is 0 Å². The van der Waals surface area contributed by atoms with Crippen LogP contribution in [0.3, 0.4) is 0 Å². The van der Waals surface area contributed by atoms with E-state index in [0.717, 1.165) is 17.7 Å². The van der Waals surface area contributed by atoms with Crippen LogP contribution in [0.4, 0.5) is 13.2 Å². The van der Waals surface area contributed by atoms with Gasteiger partial charge in [0.2, 0.25) is 0 Å². The largest absolute Gasteiger partial charge is 0.481 e. The van der Waals surface area contributed by atoms with Gasteiger partial charge in [-0.05, 0) is 30.5 Å². The van der Waals surface area contributed by atoms with E-state index >= 15 is 0 Å². The first kappa shape index (κ1) is 13.3. The average Bonchev–Trinajstić information content (AvgIpc) is 2.66. The van der Waals surface area contributed by atoms with E-state index in [1.54, 1.807) is 0 Å². The predicted octanol–water partition coefficient (Wildman–Crippen LogP) is 3.59. The van der Waals surface area contributed by atoms with Gasteiger partial charge >= 0.3 is 12.1 Å². The monoisotopic (exact) mass is 276 g/mol. The summed E-state index contributed by atoms with van der Waals surface area (Å²) in [5, 5.41) is 8.65. The second kappa shape index (κ2) is 4.84. The Bertz CT molecular complexity index is 471. The zero-order valence-corrected chi connectivity index (χ0v) is 10.1. The fraction of sp³-hybridized carbons (Fsp3) is 0.417. The molecule has 1 aromatic rings. The van der Waals surface area contributed by atoms with Gasteiger partial charge in [0.15, 0.2) is 0 Å². The van der Waals surface area contributed by atoms with Crippen LogP contribution in [0.15, 0.2) is 23.1 Å². The Labute approximate surface area is 106 Å². The van der Waals surface area contributed by atoms with Crippen LogP contribution < -0.4 is 0 Å². The van der Waals surface area contributed by atoms with Crippen LogP contribution in [-0.4, -0.2) is 16.3 Å². The lowest BCUT2D eigenvalue weighted by Gasteiger charge is -2.07. The minimum atomic E-state index is -4.32. The highest BCUT2D eigenvalue weighted by Crippen LogP contribution is 2.42. The van der Waals surface area contributed by atoms with Crippen molar-refractivity contribution in [2.75, 3.05) is 0 Å². The number of carboxylic acid groups (broad SMARTS) is 1. The predicted molar refractivity (Wildman–Crippen MR) is 61.7 cm³/mol. The molecule has 1 unspecified atom stereocenters. The summed E-state index contributed by atoms with van der Waals surface area (Å²) in [7, 11) is 0. The zero-order valence-electron chi connectivity index (χ0n) is 9.33. The Morgan fingerprint density at radius 3 is 2.78 bits per heavy atom. The molecule has 2 nitrogen and oxygen atoms in total. The smallest absolute Gasteiger partial charge is 0.416 e. The van der Waals surface area contributed by atoms with Gasteiger partial charge in [0.05, 0.1) is 5.56 Å². The van der Waals surface area contributed by atoms with E-state index in [1.165, 1.54) is 17.8 Å². The summed E-state index contributed by atoms with van der Waals surface area (Å²) < 4.78 is 37.6. The summed E-state index contributed by atoms with van der Waals surface area (Å²) in [4.78, 5) is 11.1. The number of carbonyl (C=O) groups is 1. The summed E-state index contributed by atoms with van der Waals surface area (Å²) in [6, 6.07) is 3.73. The molecule has 1 heterocycles. The summed E-state index contributed by atoms with van der Waals surface area (Å²) in [6.07, 6.45) is -3.14. The molecule has 0 bridgehead atoms. The molecule has 0 fully saturated rings. The Balaban J connectivity index is 2.08. The van der Waals surface area contributed by atoms with Crippen molar-refractivity contribution in [2.45, 2.75) is 35.6 Å². The van der Waals surface area contributed by atoms with Gasteiger partial charge in [-0.15, -0.1) is 11.8 Å². The normalized spacial score (nSPS) is 18.7. The van der Waals surface area contributed by atoms with Crippen molar-refractivity contribution in [1.29, 1.82) is 0 Å². The maximum Gasteiger partial charge on any atom is 0.416 e. The van der Waals surface area contributed by atoms with Crippen molar-refractivity contribution >= 4 is 17.7 Å². The molecule has 0 radical (unpaired) electrons. The Morgan fingerprint density at radius 2 is 2.17 bits per heavy atom. The first-order valence-corrected chi connectivity index (χ1v) is 6.33. The number of alkyl halides is 3. The van der Waals surface area contributed by atoms with Gasteiger partial charge in [-0.3, -0.25) is 4.79 Å². The molecule has 1 atom stereocenters. The van der Waals surface area contributed by atoms with E-state index in [2.05, 4.69) is 0 Å². The summed E-state index contributed by atoms with van der Waals surface area (Å²) in [5.74, 6) is -0.873. The molecule has 0 amide bonds. The number of halogens is 3. The van der Waals surface area contributed by atoms with Crippen molar-refractivity contribution in [3.8, 4) is 0 Å². The molecule has 2 rings (SSSR count). The molecule has 0 saturated heterocycles. The zero-order chi connectivity index (χ0) is 13.3. The third-order valence-electron chi connectivity index (χ3n) is 2.82. The second-order valence-corrected chi connectivity index (χ2v) is 5.54. The molecular weight excluding hydrogens is 265 g/mol. The van der Waals surface area contributed by atoms with Crippen LogP contribution in [0.1, 0.15) is 24.0 Å². The molecule has 0 aliphatic carbocycles. The number of fused-ring (bicyclic) bond motifs is 1. The topological polar surface area (TPSA) is 37.3 Å². The first-order valence-electron chi connectivity index (χ1n) is 5.45. The summed E-state index contributed by atoms with van der Waals surface area (Å²) in [5.41, 5.74) is 0.232. The van der Waals surface area contributed by atoms with Crippen LogP contribution in [0, 0.1) is 0 Å². The molecule has 0 spiro atoms. The lowest BCUT2D eigenvalue weighted by atomic mass is 10.1. The average molecular weight is 276 g/mol. The quantitative estimate of drug-likeness (QED) is 0.916. The fourth-order valence-electron chi connectivity index (χ4n) is 1.92. The van der Waals surface area contributed by atoms with E-state index in [-0.39, 0.29) is 11.7 Å². The maximum absolute atomic E-state index is 12.5. The number of carboxylic acids is 1. The van der Waals surface area contributed by atoms with Gasteiger partial charge in [0.25, 0.3) is 0 Å². The molecule has 1 aromatic carbocycles. The van der Waals surface area contributed by atoms with E-state index < -0.39 is 17.7 Å². The molecule has 0 saturated carbocycles.